The molecule has 5 aromatic rings. The van der Waals surface area contributed by atoms with Gasteiger partial charge in [-0.2, -0.15) is 0 Å². The van der Waals surface area contributed by atoms with Crippen LogP contribution >= 0.6 is 0 Å². The number of imidazole rings is 1. The molecule has 1 saturated heterocycles. The van der Waals surface area contributed by atoms with Gasteiger partial charge in [0, 0.05) is 55.3 Å². The first-order valence-corrected chi connectivity index (χ1v) is 13.0. The maximum atomic E-state index is 13.9. The summed E-state index contributed by atoms with van der Waals surface area (Å²) >= 11 is 0. The van der Waals surface area contributed by atoms with Crippen molar-refractivity contribution in [1.82, 2.24) is 24.6 Å². The summed E-state index contributed by atoms with van der Waals surface area (Å²) < 4.78 is 7.67. The fourth-order valence-corrected chi connectivity index (χ4v) is 4.94. The second-order valence-electron chi connectivity index (χ2n) is 9.48. The van der Waals surface area contributed by atoms with E-state index >= 15 is 0 Å². The van der Waals surface area contributed by atoms with Crippen molar-refractivity contribution in [3.05, 3.63) is 90.8 Å². The predicted molar refractivity (Wildman–Crippen MR) is 145 cm³/mol. The third kappa shape index (κ3) is 4.87. The molecule has 6 rings (SSSR count). The SMILES string of the molecule is CCc1nnc(-c2ccn3cc(CN(C(=O)C4CCN(c5ccccn5)CC4)c4ccccc4)nc3c2)o1. The second kappa shape index (κ2) is 10.5. The van der Waals surface area contributed by atoms with Gasteiger partial charge in [0.1, 0.15) is 11.5 Å². The number of hydrogen-bond acceptors (Lipinski definition) is 7. The number of anilines is 2. The lowest BCUT2D eigenvalue weighted by atomic mass is 9.94. The zero-order chi connectivity index (χ0) is 25.9. The number of para-hydroxylation sites is 1. The zero-order valence-electron chi connectivity index (χ0n) is 21.3. The summed E-state index contributed by atoms with van der Waals surface area (Å²) in [5, 5.41) is 8.20. The van der Waals surface area contributed by atoms with E-state index in [1.165, 1.54) is 0 Å². The van der Waals surface area contributed by atoms with E-state index in [2.05, 4.69) is 20.1 Å². The predicted octanol–water partition coefficient (Wildman–Crippen LogP) is 4.79. The molecule has 0 saturated carbocycles. The van der Waals surface area contributed by atoms with Crippen LogP contribution in [0.5, 0.6) is 0 Å². The first-order chi connectivity index (χ1) is 18.7. The van der Waals surface area contributed by atoms with Crippen LogP contribution in [0.4, 0.5) is 11.5 Å². The van der Waals surface area contributed by atoms with Crippen LogP contribution in [0, 0.1) is 5.92 Å². The highest BCUT2D eigenvalue weighted by Crippen LogP contribution is 2.27. The minimum Gasteiger partial charge on any atom is -0.421 e. The molecule has 1 aliphatic heterocycles. The molecule has 0 atom stereocenters. The van der Waals surface area contributed by atoms with Gasteiger partial charge in [-0.25, -0.2) is 9.97 Å². The molecule has 0 bridgehead atoms. The molecular weight excluding hydrogens is 478 g/mol. The fourth-order valence-electron chi connectivity index (χ4n) is 4.94. The van der Waals surface area contributed by atoms with Gasteiger partial charge in [-0.05, 0) is 49.2 Å². The highest BCUT2D eigenvalue weighted by molar-refractivity contribution is 5.95. The van der Waals surface area contributed by atoms with E-state index < -0.39 is 0 Å². The number of fused-ring (bicyclic) bond motifs is 1. The van der Waals surface area contributed by atoms with Gasteiger partial charge in [0.15, 0.2) is 0 Å². The molecule has 9 nitrogen and oxygen atoms in total. The molecule has 0 aliphatic carbocycles. The number of rotatable bonds is 7. The smallest absolute Gasteiger partial charge is 0.247 e. The summed E-state index contributed by atoms with van der Waals surface area (Å²) in [5.74, 6) is 2.13. The van der Waals surface area contributed by atoms with E-state index in [4.69, 9.17) is 9.40 Å². The number of amides is 1. The summed E-state index contributed by atoms with van der Waals surface area (Å²) in [5.41, 5.74) is 3.26. The Kier molecular flexibility index (Phi) is 6.56. The quantitative estimate of drug-likeness (QED) is 0.313. The molecule has 192 valence electrons. The maximum absolute atomic E-state index is 13.9. The normalized spacial score (nSPS) is 14.2. The summed E-state index contributed by atoms with van der Waals surface area (Å²) in [6.07, 6.45) is 7.98. The Labute approximate surface area is 220 Å². The Morgan fingerprint density at radius 2 is 1.87 bits per heavy atom. The van der Waals surface area contributed by atoms with Crippen LogP contribution in [0.2, 0.25) is 0 Å². The standard InChI is InChI=1S/C29H29N7O2/c1-2-27-32-33-28(38-27)22-13-17-35-19-23(31-26(35)18-22)20-36(24-8-4-3-5-9-24)29(37)21-11-15-34(16-12-21)25-10-6-7-14-30-25/h3-10,13-14,17-19,21H,2,11-12,15-16,20H2,1H3. The molecule has 9 heteroatoms. The molecule has 38 heavy (non-hydrogen) atoms. The number of aryl methyl sites for hydroxylation is 1. The number of carbonyl (C=O) groups is 1. The summed E-state index contributed by atoms with van der Waals surface area (Å²) in [7, 11) is 0. The number of benzene rings is 1. The van der Waals surface area contributed by atoms with Crippen molar-refractivity contribution in [2.75, 3.05) is 22.9 Å². The third-order valence-electron chi connectivity index (χ3n) is 7.00. The number of hydrogen-bond donors (Lipinski definition) is 0. The average Bonchev–Trinajstić information content (AvgIpc) is 3.63. The molecule has 1 aliphatic rings. The molecule has 0 unspecified atom stereocenters. The second-order valence-corrected chi connectivity index (χ2v) is 9.48. The maximum Gasteiger partial charge on any atom is 0.247 e. The van der Waals surface area contributed by atoms with Crippen LogP contribution in [0.3, 0.4) is 0 Å². The molecule has 1 amide bonds. The van der Waals surface area contributed by atoms with Gasteiger partial charge in [-0.1, -0.05) is 31.2 Å². The van der Waals surface area contributed by atoms with Gasteiger partial charge >= 0.3 is 0 Å². The fraction of sp³-hybridized carbons (Fsp3) is 0.276. The monoisotopic (exact) mass is 507 g/mol. The Morgan fingerprint density at radius 3 is 2.61 bits per heavy atom. The number of piperidine rings is 1. The van der Waals surface area contributed by atoms with Gasteiger partial charge in [-0.15, -0.1) is 10.2 Å². The summed E-state index contributed by atoms with van der Waals surface area (Å²) in [6, 6.07) is 19.7. The highest BCUT2D eigenvalue weighted by Gasteiger charge is 2.30. The van der Waals surface area contributed by atoms with E-state index in [0.29, 0.717) is 24.7 Å². The Morgan fingerprint density at radius 1 is 1.05 bits per heavy atom. The van der Waals surface area contributed by atoms with Crippen LogP contribution in [0.25, 0.3) is 17.1 Å². The lowest BCUT2D eigenvalue weighted by molar-refractivity contribution is -0.123. The molecular formula is C29H29N7O2. The van der Waals surface area contributed by atoms with Crippen LogP contribution in [0.1, 0.15) is 31.4 Å². The van der Waals surface area contributed by atoms with Gasteiger partial charge in [-0.3, -0.25) is 4.79 Å². The van der Waals surface area contributed by atoms with Crippen molar-refractivity contribution < 1.29 is 9.21 Å². The van der Waals surface area contributed by atoms with Crippen molar-refractivity contribution in [2.24, 2.45) is 5.92 Å². The van der Waals surface area contributed by atoms with Gasteiger partial charge in [0.25, 0.3) is 0 Å². The van der Waals surface area contributed by atoms with Crippen molar-refractivity contribution in [2.45, 2.75) is 32.7 Å². The van der Waals surface area contributed by atoms with Gasteiger partial charge < -0.3 is 18.6 Å². The lowest BCUT2D eigenvalue weighted by Crippen LogP contribution is -2.42. The minimum absolute atomic E-state index is 0.0518. The highest BCUT2D eigenvalue weighted by atomic mass is 16.4. The van der Waals surface area contributed by atoms with E-state index in [1.54, 1.807) is 0 Å². The van der Waals surface area contributed by atoms with Crippen molar-refractivity contribution >= 4 is 23.1 Å². The first-order valence-electron chi connectivity index (χ1n) is 13.0. The number of carbonyl (C=O) groups excluding carboxylic acids is 1. The van der Waals surface area contributed by atoms with Crippen LogP contribution < -0.4 is 9.80 Å². The molecule has 0 radical (unpaired) electrons. The molecule has 0 spiro atoms. The Hall–Kier alpha value is -4.53. The van der Waals surface area contributed by atoms with Crippen molar-refractivity contribution in [1.29, 1.82) is 0 Å². The zero-order valence-corrected chi connectivity index (χ0v) is 21.3. The average molecular weight is 508 g/mol. The lowest BCUT2D eigenvalue weighted by Gasteiger charge is -2.34. The molecule has 0 N–H and O–H groups in total. The van der Waals surface area contributed by atoms with Crippen molar-refractivity contribution in [3.63, 3.8) is 0 Å². The Balaban J connectivity index is 1.22. The largest absolute Gasteiger partial charge is 0.421 e. The molecule has 1 aromatic carbocycles. The number of pyridine rings is 2. The summed E-state index contributed by atoms with van der Waals surface area (Å²) in [6.45, 7) is 3.98. The number of aromatic nitrogens is 5. The minimum atomic E-state index is -0.0518. The number of nitrogens with zero attached hydrogens (tertiary/aromatic N) is 7. The van der Waals surface area contributed by atoms with Gasteiger partial charge in [0.05, 0.1) is 12.2 Å². The van der Waals surface area contributed by atoms with Crippen LogP contribution in [0.15, 0.2) is 83.7 Å². The molecule has 5 heterocycles. The summed E-state index contributed by atoms with van der Waals surface area (Å²) in [4.78, 5) is 27.3. The van der Waals surface area contributed by atoms with Crippen molar-refractivity contribution in [3.8, 4) is 11.5 Å². The van der Waals surface area contributed by atoms with Crippen LogP contribution in [-0.2, 0) is 17.8 Å². The van der Waals surface area contributed by atoms with Crippen LogP contribution in [-0.4, -0.2) is 43.6 Å². The van der Waals surface area contributed by atoms with E-state index in [9.17, 15) is 4.79 Å². The van der Waals surface area contributed by atoms with E-state index in [1.807, 2.05) is 95.5 Å². The van der Waals surface area contributed by atoms with Gasteiger partial charge in [0.2, 0.25) is 17.7 Å². The molecule has 4 aromatic heterocycles. The third-order valence-corrected chi connectivity index (χ3v) is 7.00. The topological polar surface area (TPSA) is 92.7 Å². The van der Waals surface area contributed by atoms with E-state index in [-0.39, 0.29) is 11.8 Å². The molecule has 1 fully saturated rings. The Bertz CT molecular complexity index is 1520. The first kappa shape index (κ1) is 23.8. The van der Waals surface area contributed by atoms with E-state index in [0.717, 1.165) is 54.3 Å².